The van der Waals surface area contributed by atoms with Gasteiger partial charge in [-0.05, 0) is 37.3 Å². The van der Waals surface area contributed by atoms with Crippen LogP contribution >= 0.6 is 0 Å². The lowest BCUT2D eigenvalue weighted by atomic mass is 9.87. The fourth-order valence-electron chi connectivity index (χ4n) is 5.08. The Balaban J connectivity index is 1.54. The minimum atomic E-state index is -3.65. The van der Waals surface area contributed by atoms with Crippen LogP contribution in [-0.2, 0) is 17.1 Å². The van der Waals surface area contributed by atoms with Crippen LogP contribution in [-0.4, -0.2) is 46.6 Å². The molecule has 5 nitrogen and oxygen atoms in total. The molecule has 10 heteroatoms. The first-order chi connectivity index (χ1) is 19.8. The summed E-state index contributed by atoms with van der Waals surface area (Å²) in [5.41, 5.74) is -0.729. The quantitative estimate of drug-likeness (QED) is 0.0936. The second-order valence-corrected chi connectivity index (χ2v) is 11.0. The van der Waals surface area contributed by atoms with E-state index in [1.54, 1.807) is 0 Å². The van der Waals surface area contributed by atoms with Crippen LogP contribution in [0, 0.1) is 5.95 Å². The molecular formula is C31H44F5N3O2. The van der Waals surface area contributed by atoms with E-state index in [4.69, 9.17) is 9.47 Å². The minimum Gasteiger partial charge on any atom is -0.487 e. The van der Waals surface area contributed by atoms with Gasteiger partial charge in [-0.2, -0.15) is 13.2 Å². The highest BCUT2D eigenvalue weighted by molar-refractivity contribution is 5.53. The van der Waals surface area contributed by atoms with Gasteiger partial charge in [-0.3, -0.25) is 0 Å². The van der Waals surface area contributed by atoms with E-state index in [2.05, 4.69) is 28.8 Å². The number of unbranched alkanes of at least 4 members (excludes halogenated alkanes) is 8. The number of alkyl halides is 4. The van der Waals surface area contributed by atoms with Crippen LogP contribution in [0.4, 0.5) is 22.0 Å². The summed E-state index contributed by atoms with van der Waals surface area (Å²) >= 11 is 0. The molecule has 0 fully saturated rings. The Morgan fingerprint density at radius 1 is 0.878 bits per heavy atom. The van der Waals surface area contributed by atoms with Crippen LogP contribution in [0.2, 0.25) is 0 Å². The van der Waals surface area contributed by atoms with Gasteiger partial charge in [0, 0.05) is 0 Å². The molecule has 0 radical (unpaired) electrons. The van der Waals surface area contributed by atoms with Gasteiger partial charge in [0.2, 0.25) is 5.95 Å². The van der Waals surface area contributed by atoms with Crippen molar-refractivity contribution in [2.75, 3.05) is 13.2 Å². The molecule has 230 valence electrons. The molecule has 0 bridgehead atoms. The number of nitrogens with zero attached hydrogens (tertiary/aromatic N) is 3. The Kier molecular flexibility index (Phi) is 13.7. The number of fused-ring (bicyclic) bond motifs is 1. The van der Waals surface area contributed by atoms with E-state index in [0.717, 1.165) is 38.5 Å². The number of rotatable bonds is 19. The van der Waals surface area contributed by atoms with Gasteiger partial charge in [0.1, 0.15) is 30.7 Å². The average Bonchev–Trinajstić information content (AvgIpc) is 2.95. The molecule has 2 aromatic rings. The molecule has 0 spiro atoms. The molecule has 3 unspecified atom stereocenters. The first-order valence-corrected chi connectivity index (χ1v) is 15.2. The molecule has 1 aliphatic rings. The summed E-state index contributed by atoms with van der Waals surface area (Å²) in [4.78, 5) is 11.9. The number of hydrogen-bond acceptors (Lipinski definition) is 5. The lowest BCUT2D eigenvalue weighted by molar-refractivity contribution is -0.160. The van der Waals surface area contributed by atoms with Gasteiger partial charge in [0.25, 0.3) is 0 Å². The Hall–Kier alpha value is -2.36. The van der Waals surface area contributed by atoms with E-state index in [9.17, 15) is 13.2 Å². The lowest BCUT2D eigenvalue weighted by Gasteiger charge is -2.33. The van der Waals surface area contributed by atoms with Crippen molar-refractivity contribution in [2.45, 2.75) is 128 Å². The smallest absolute Gasteiger partial charge is 0.303 e. The van der Waals surface area contributed by atoms with Gasteiger partial charge >= 0.3 is 5.92 Å². The third-order valence-corrected chi connectivity index (χ3v) is 7.48. The van der Waals surface area contributed by atoms with Gasteiger partial charge in [0.15, 0.2) is 11.6 Å². The predicted octanol–water partition coefficient (Wildman–Crippen LogP) is 8.88. The van der Waals surface area contributed by atoms with Crippen LogP contribution in [0.15, 0.2) is 18.5 Å². The SMILES string of the molecule is CCCCCCCCC(F)COc1cnc(-c2cc3c(c(F)n2)C(F)(F)C(OCC(F)CCCCCC)CC3)nc1. The molecule has 0 saturated heterocycles. The molecule has 3 rings (SSSR count). The summed E-state index contributed by atoms with van der Waals surface area (Å²) in [6, 6.07) is 1.35. The van der Waals surface area contributed by atoms with Gasteiger partial charge in [-0.25, -0.2) is 23.7 Å². The Morgan fingerprint density at radius 2 is 1.46 bits per heavy atom. The van der Waals surface area contributed by atoms with Crippen molar-refractivity contribution in [1.29, 1.82) is 0 Å². The number of ether oxygens (including phenoxy) is 2. The summed E-state index contributed by atoms with van der Waals surface area (Å²) in [6.07, 6.45) is 9.36. The van der Waals surface area contributed by atoms with Crippen molar-refractivity contribution in [1.82, 2.24) is 15.0 Å². The maximum atomic E-state index is 15.2. The summed E-state index contributed by atoms with van der Waals surface area (Å²) in [6.45, 7) is 3.64. The Morgan fingerprint density at radius 3 is 2.12 bits per heavy atom. The minimum absolute atomic E-state index is 0.00492. The second-order valence-electron chi connectivity index (χ2n) is 11.0. The second kappa shape index (κ2) is 16.9. The fourth-order valence-corrected chi connectivity index (χ4v) is 5.08. The van der Waals surface area contributed by atoms with Gasteiger partial charge < -0.3 is 9.47 Å². The largest absolute Gasteiger partial charge is 0.487 e. The topological polar surface area (TPSA) is 57.1 Å². The zero-order valence-corrected chi connectivity index (χ0v) is 24.3. The number of hydrogen-bond donors (Lipinski definition) is 0. The highest BCUT2D eigenvalue weighted by Crippen LogP contribution is 2.43. The van der Waals surface area contributed by atoms with Crippen molar-refractivity contribution < 1.29 is 31.4 Å². The first kappa shape index (κ1) is 33.1. The van der Waals surface area contributed by atoms with Crippen molar-refractivity contribution >= 4 is 0 Å². The summed E-state index contributed by atoms with van der Waals surface area (Å²) in [7, 11) is 0. The first-order valence-electron chi connectivity index (χ1n) is 15.2. The van der Waals surface area contributed by atoms with Crippen LogP contribution in [0.5, 0.6) is 5.75 Å². The predicted molar refractivity (Wildman–Crippen MR) is 149 cm³/mol. The molecule has 2 heterocycles. The zero-order chi connectivity index (χ0) is 29.7. The van der Waals surface area contributed by atoms with Crippen LogP contribution < -0.4 is 4.74 Å². The van der Waals surface area contributed by atoms with Crippen molar-refractivity contribution in [3.8, 4) is 17.3 Å². The van der Waals surface area contributed by atoms with Crippen molar-refractivity contribution in [2.24, 2.45) is 0 Å². The van der Waals surface area contributed by atoms with Gasteiger partial charge in [0.05, 0.1) is 24.6 Å². The number of aryl methyl sites for hydroxylation is 1. The molecule has 0 aliphatic heterocycles. The maximum Gasteiger partial charge on any atom is 0.303 e. The van der Waals surface area contributed by atoms with Crippen molar-refractivity contribution in [3.63, 3.8) is 0 Å². The fraction of sp³-hybridized carbons (Fsp3) is 0.710. The van der Waals surface area contributed by atoms with E-state index >= 15 is 8.78 Å². The summed E-state index contributed by atoms with van der Waals surface area (Å²) < 4.78 is 84.4. The molecule has 0 N–H and O–H groups in total. The van der Waals surface area contributed by atoms with Crippen molar-refractivity contribution in [3.05, 3.63) is 35.5 Å². The van der Waals surface area contributed by atoms with E-state index in [0.29, 0.717) is 12.8 Å². The Bertz CT molecular complexity index is 1040. The standard InChI is InChI=1S/C31H44F5N3O2/c1-3-5-7-9-10-12-14-23(32)20-40-25-18-37-30(38-19-25)26-17-22-15-16-27(31(35,36)28(22)29(34)39-26)41-21-24(33)13-11-8-6-4-2/h17-19,23-24,27H,3-16,20-21H2,1-2H3. The van der Waals surface area contributed by atoms with Crippen LogP contribution in [0.3, 0.4) is 0 Å². The molecule has 0 saturated carbocycles. The number of halogens is 5. The van der Waals surface area contributed by atoms with E-state index in [1.165, 1.54) is 37.7 Å². The highest BCUT2D eigenvalue weighted by Gasteiger charge is 2.49. The third-order valence-electron chi connectivity index (χ3n) is 7.48. The lowest BCUT2D eigenvalue weighted by Crippen LogP contribution is -2.40. The maximum absolute atomic E-state index is 15.2. The highest BCUT2D eigenvalue weighted by atomic mass is 19.3. The van der Waals surface area contributed by atoms with E-state index in [1.807, 2.05) is 0 Å². The van der Waals surface area contributed by atoms with E-state index < -0.39 is 42.5 Å². The Labute approximate surface area is 240 Å². The molecule has 3 atom stereocenters. The van der Waals surface area contributed by atoms with Crippen LogP contribution in [0.25, 0.3) is 11.5 Å². The van der Waals surface area contributed by atoms with Crippen LogP contribution in [0.1, 0.15) is 108 Å². The molecule has 0 amide bonds. The monoisotopic (exact) mass is 585 g/mol. The zero-order valence-electron chi connectivity index (χ0n) is 24.3. The molecule has 0 aromatic carbocycles. The molecule has 2 aromatic heterocycles. The van der Waals surface area contributed by atoms with E-state index in [-0.39, 0.29) is 48.7 Å². The number of aromatic nitrogens is 3. The summed E-state index contributed by atoms with van der Waals surface area (Å²) in [5.74, 6) is -4.69. The summed E-state index contributed by atoms with van der Waals surface area (Å²) in [5, 5.41) is 0. The van der Waals surface area contributed by atoms with Gasteiger partial charge in [-0.15, -0.1) is 0 Å². The third kappa shape index (κ3) is 10.1. The molecule has 41 heavy (non-hydrogen) atoms. The molecular weight excluding hydrogens is 541 g/mol. The number of pyridine rings is 1. The molecule has 1 aliphatic carbocycles. The average molecular weight is 586 g/mol. The van der Waals surface area contributed by atoms with Gasteiger partial charge in [-0.1, -0.05) is 78.1 Å². The normalized spacial score (nSPS) is 17.7.